The highest BCUT2D eigenvalue weighted by molar-refractivity contribution is 5.15. The Morgan fingerprint density at radius 2 is 2.07 bits per heavy atom. The van der Waals surface area contributed by atoms with E-state index in [1.54, 1.807) is 6.20 Å². The predicted octanol–water partition coefficient (Wildman–Crippen LogP) is 2.20. The molecule has 0 aliphatic heterocycles. The lowest BCUT2D eigenvalue weighted by molar-refractivity contribution is 0.723. The Balaban J connectivity index is 2.17. The normalized spacial score (nSPS) is 10.1. The molecular formula is C11H11N3O. The maximum atomic E-state index is 10.2. The zero-order valence-corrected chi connectivity index (χ0v) is 8.21. The number of hydrogen-bond acceptors (Lipinski definition) is 3. The molecule has 0 radical (unpaired) electrons. The molecule has 0 N–H and O–H groups in total. The Bertz CT molecular complexity index is 436. The molecule has 1 aromatic carbocycles. The van der Waals surface area contributed by atoms with Crippen molar-refractivity contribution in [2.75, 3.05) is 0 Å². The van der Waals surface area contributed by atoms with Crippen molar-refractivity contribution < 1.29 is 0 Å². The third-order valence-corrected chi connectivity index (χ3v) is 2.20. The molecule has 1 aromatic heterocycles. The molecule has 4 heteroatoms. The summed E-state index contributed by atoms with van der Waals surface area (Å²) in [7, 11) is 0. The molecule has 0 bridgehead atoms. The van der Waals surface area contributed by atoms with E-state index in [-0.39, 0.29) is 6.54 Å². The largest absolute Gasteiger partial charge is 0.329 e. The first kappa shape index (κ1) is 9.58. The van der Waals surface area contributed by atoms with E-state index in [0.29, 0.717) is 5.82 Å². The highest BCUT2D eigenvalue weighted by Gasteiger charge is 2.02. The van der Waals surface area contributed by atoms with Crippen LogP contribution in [0.15, 0.2) is 47.9 Å². The lowest BCUT2D eigenvalue weighted by Crippen LogP contribution is -2.03. The van der Waals surface area contributed by atoms with Crippen LogP contribution in [0.4, 0.5) is 0 Å². The second kappa shape index (κ2) is 4.50. The molecule has 0 aliphatic carbocycles. The fraction of sp³-hybridized carbons (Fsp3) is 0.182. The Labute approximate surface area is 87.6 Å². The van der Waals surface area contributed by atoms with Crippen molar-refractivity contribution in [2.45, 2.75) is 13.1 Å². The van der Waals surface area contributed by atoms with Crippen LogP contribution in [0, 0.1) is 4.91 Å². The van der Waals surface area contributed by atoms with Crippen LogP contribution in [-0.2, 0) is 13.1 Å². The fourth-order valence-corrected chi connectivity index (χ4v) is 1.47. The number of nitroso groups, excluding NO2 is 1. The van der Waals surface area contributed by atoms with Crippen LogP contribution >= 0.6 is 0 Å². The Hall–Kier alpha value is -1.97. The van der Waals surface area contributed by atoms with Crippen molar-refractivity contribution in [3.63, 3.8) is 0 Å². The smallest absolute Gasteiger partial charge is 0.139 e. The average Bonchev–Trinajstić information content (AvgIpc) is 2.68. The first-order valence-electron chi connectivity index (χ1n) is 4.73. The summed E-state index contributed by atoms with van der Waals surface area (Å²) in [6, 6.07) is 10.0. The summed E-state index contributed by atoms with van der Waals surface area (Å²) in [6.07, 6.45) is 3.54. The van der Waals surface area contributed by atoms with Gasteiger partial charge in [-0.1, -0.05) is 35.5 Å². The first-order valence-corrected chi connectivity index (χ1v) is 4.73. The number of aromatic nitrogens is 2. The molecule has 2 aromatic rings. The van der Waals surface area contributed by atoms with E-state index in [9.17, 15) is 4.91 Å². The summed E-state index contributed by atoms with van der Waals surface area (Å²) in [6.45, 7) is 0.853. The quantitative estimate of drug-likeness (QED) is 0.712. The maximum absolute atomic E-state index is 10.2. The second-order valence-electron chi connectivity index (χ2n) is 3.24. The monoisotopic (exact) mass is 201 g/mol. The van der Waals surface area contributed by atoms with Crippen molar-refractivity contribution in [2.24, 2.45) is 5.18 Å². The van der Waals surface area contributed by atoms with Gasteiger partial charge in [0.05, 0.1) is 0 Å². The maximum Gasteiger partial charge on any atom is 0.139 e. The van der Waals surface area contributed by atoms with Gasteiger partial charge in [-0.25, -0.2) is 4.98 Å². The van der Waals surface area contributed by atoms with E-state index < -0.39 is 0 Å². The zero-order chi connectivity index (χ0) is 10.5. The molecule has 0 amide bonds. The molecule has 4 nitrogen and oxygen atoms in total. The van der Waals surface area contributed by atoms with Crippen LogP contribution in [0.2, 0.25) is 0 Å². The highest BCUT2D eigenvalue weighted by Crippen LogP contribution is 2.06. The average molecular weight is 201 g/mol. The van der Waals surface area contributed by atoms with Crippen molar-refractivity contribution in [3.05, 3.63) is 59.0 Å². The molecule has 0 fully saturated rings. The summed E-state index contributed by atoms with van der Waals surface area (Å²) in [5.74, 6) is 0.703. The van der Waals surface area contributed by atoms with Gasteiger partial charge in [0.25, 0.3) is 0 Å². The van der Waals surface area contributed by atoms with Gasteiger partial charge in [0.2, 0.25) is 0 Å². The van der Waals surface area contributed by atoms with Gasteiger partial charge in [-0.05, 0) is 5.56 Å². The molecule has 0 spiro atoms. The first-order chi connectivity index (χ1) is 7.40. The molecular weight excluding hydrogens is 190 g/mol. The van der Waals surface area contributed by atoms with Crippen molar-refractivity contribution in [1.82, 2.24) is 9.55 Å². The number of imidazole rings is 1. The van der Waals surface area contributed by atoms with Crippen LogP contribution in [0.3, 0.4) is 0 Å². The summed E-state index contributed by atoms with van der Waals surface area (Å²) in [4.78, 5) is 14.2. The molecule has 1 heterocycles. The topological polar surface area (TPSA) is 47.2 Å². The van der Waals surface area contributed by atoms with Gasteiger partial charge in [-0.3, -0.25) is 0 Å². The van der Waals surface area contributed by atoms with Gasteiger partial charge in [0.15, 0.2) is 0 Å². The predicted molar refractivity (Wildman–Crippen MR) is 57.3 cm³/mol. The number of benzene rings is 1. The fourth-order valence-electron chi connectivity index (χ4n) is 1.47. The van der Waals surface area contributed by atoms with Crippen LogP contribution in [0.25, 0.3) is 0 Å². The molecule has 0 saturated heterocycles. The van der Waals surface area contributed by atoms with Gasteiger partial charge in [0.1, 0.15) is 12.4 Å². The summed E-state index contributed by atoms with van der Waals surface area (Å²) in [5.41, 5.74) is 1.18. The van der Waals surface area contributed by atoms with Crippen LogP contribution in [-0.4, -0.2) is 9.55 Å². The minimum Gasteiger partial charge on any atom is -0.329 e. The molecule has 15 heavy (non-hydrogen) atoms. The van der Waals surface area contributed by atoms with Gasteiger partial charge in [-0.2, -0.15) is 4.91 Å². The molecule has 76 valence electrons. The number of hydrogen-bond donors (Lipinski definition) is 0. The molecule has 0 atom stereocenters. The van der Waals surface area contributed by atoms with E-state index in [1.807, 2.05) is 41.1 Å². The Morgan fingerprint density at radius 1 is 1.27 bits per heavy atom. The summed E-state index contributed by atoms with van der Waals surface area (Å²) in [5, 5.41) is 2.85. The summed E-state index contributed by atoms with van der Waals surface area (Å²) < 4.78 is 1.93. The van der Waals surface area contributed by atoms with E-state index in [1.165, 1.54) is 5.56 Å². The second-order valence-corrected chi connectivity index (χ2v) is 3.24. The Morgan fingerprint density at radius 3 is 2.80 bits per heavy atom. The highest BCUT2D eigenvalue weighted by atomic mass is 16.3. The lowest BCUT2D eigenvalue weighted by atomic mass is 10.2. The van der Waals surface area contributed by atoms with Crippen LogP contribution in [0.1, 0.15) is 11.4 Å². The van der Waals surface area contributed by atoms with Crippen molar-refractivity contribution >= 4 is 0 Å². The van der Waals surface area contributed by atoms with Gasteiger partial charge < -0.3 is 4.57 Å². The van der Waals surface area contributed by atoms with Crippen molar-refractivity contribution in [3.8, 4) is 0 Å². The standard InChI is InChI=1S/C11H11N3O/c15-13-8-11-12-6-7-14(11)9-10-4-2-1-3-5-10/h1-7H,8-9H2. The van der Waals surface area contributed by atoms with Crippen LogP contribution < -0.4 is 0 Å². The molecule has 0 saturated carbocycles. The van der Waals surface area contributed by atoms with Crippen molar-refractivity contribution in [1.29, 1.82) is 0 Å². The molecule has 0 unspecified atom stereocenters. The summed E-state index contributed by atoms with van der Waals surface area (Å²) >= 11 is 0. The third kappa shape index (κ3) is 2.28. The number of nitrogens with zero attached hydrogens (tertiary/aromatic N) is 3. The van der Waals surface area contributed by atoms with E-state index in [2.05, 4.69) is 10.2 Å². The molecule has 2 rings (SSSR count). The zero-order valence-electron chi connectivity index (χ0n) is 8.21. The minimum absolute atomic E-state index is 0.125. The third-order valence-electron chi connectivity index (χ3n) is 2.20. The molecule has 0 aliphatic rings. The van der Waals surface area contributed by atoms with Gasteiger partial charge >= 0.3 is 0 Å². The van der Waals surface area contributed by atoms with E-state index in [0.717, 1.165) is 6.54 Å². The van der Waals surface area contributed by atoms with Gasteiger partial charge in [0, 0.05) is 18.9 Å². The number of rotatable bonds is 4. The minimum atomic E-state index is 0.125. The Kier molecular flexibility index (Phi) is 2.88. The van der Waals surface area contributed by atoms with E-state index >= 15 is 0 Å². The van der Waals surface area contributed by atoms with E-state index in [4.69, 9.17) is 0 Å². The van der Waals surface area contributed by atoms with Gasteiger partial charge in [-0.15, -0.1) is 0 Å². The SMILES string of the molecule is O=NCc1nccn1Cc1ccccc1. The lowest BCUT2D eigenvalue weighted by Gasteiger charge is -2.05. The van der Waals surface area contributed by atoms with Crippen LogP contribution in [0.5, 0.6) is 0 Å².